The van der Waals surface area contributed by atoms with Crippen molar-refractivity contribution in [1.29, 1.82) is 0 Å². The van der Waals surface area contributed by atoms with E-state index in [9.17, 15) is 5.11 Å². The van der Waals surface area contributed by atoms with Gasteiger partial charge in [-0.05, 0) is 68.2 Å². The molecule has 0 atom stereocenters. The molecule has 0 spiro atoms. The minimum Gasteiger partial charge on any atom is -0.493 e. The first-order valence-electron chi connectivity index (χ1n) is 7.49. The Bertz CT molecular complexity index is 425. The first-order chi connectivity index (χ1) is 9.31. The number of ether oxygens (including phenoxy) is 1. The van der Waals surface area contributed by atoms with Gasteiger partial charge in [0.05, 0.1) is 12.7 Å². The highest BCUT2D eigenvalue weighted by Crippen LogP contribution is 2.29. The molecule has 1 aromatic carbocycles. The SMILES string of the molecule is OC1CCC(CNc2ccc3c(c2)CCCO3)CC1. The highest BCUT2D eigenvalue weighted by molar-refractivity contribution is 5.51. The van der Waals surface area contributed by atoms with Gasteiger partial charge in [-0.15, -0.1) is 0 Å². The van der Waals surface area contributed by atoms with Gasteiger partial charge < -0.3 is 15.2 Å². The minimum absolute atomic E-state index is 0.0582. The van der Waals surface area contributed by atoms with E-state index in [1.165, 1.54) is 11.3 Å². The van der Waals surface area contributed by atoms with Crippen molar-refractivity contribution in [2.45, 2.75) is 44.6 Å². The summed E-state index contributed by atoms with van der Waals surface area (Å²) in [4.78, 5) is 0. The fourth-order valence-corrected chi connectivity index (χ4v) is 3.08. The van der Waals surface area contributed by atoms with Gasteiger partial charge in [0.1, 0.15) is 5.75 Å². The molecule has 1 aliphatic carbocycles. The van der Waals surface area contributed by atoms with Gasteiger partial charge in [-0.25, -0.2) is 0 Å². The maximum Gasteiger partial charge on any atom is 0.122 e. The van der Waals surface area contributed by atoms with Gasteiger partial charge in [-0.2, -0.15) is 0 Å². The molecule has 3 heteroatoms. The van der Waals surface area contributed by atoms with Crippen molar-refractivity contribution in [2.24, 2.45) is 5.92 Å². The highest BCUT2D eigenvalue weighted by atomic mass is 16.5. The van der Waals surface area contributed by atoms with Crippen molar-refractivity contribution in [3.8, 4) is 5.75 Å². The zero-order valence-electron chi connectivity index (χ0n) is 11.4. The number of hydrogen-bond donors (Lipinski definition) is 2. The molecule has 2 N–H and O–H groups in total. The summed E-state index contributed by atoms with van der Waals surface area (Å²) in [6, 6.07) is 6.43. The van der Waals surface area contributed by atoms with Gasteiger partial charge in [0.2, 0.25) is 0 Å². The number of aliphatic hydroxyl groups is 1. The minimum atomic E-state index is -0.0582. The second kappa shape index (κ2) is 5.83. The van der Waals surface area contributed by atoms with Crippen LogP contribution in [-0.2, 0) is 6.42 Å². The Balaban J connectivity index is 1.55. The fourth-order valence-electron chi connectivity index (χ4n) is 3.08. The maximum absolute atomic E-state index is 9.51. The van der Waals surface area contributed by atoms with Crippen LogP contribution < -0.4 is 10.1 Å². The third-order valence-electron chi connectivity index (χ3n) is 4.32. The summed E-state index contributed by atoms with van der Waals surface area (Å²) in [5.74, 6) is 1.76. The van der Waals surface area contributed by atoms with Crippen molar-refractivity contribution in [3.63, 3.8) is 0 Å². The number of aryl methyl sites for hydroxylation is 1. The molecule has 0 unspecified atom stereocenters. The standard InChI is InChI=1S/C16H23NO2/c18-15-6-3-12(4-7-15)11-17-14-5-8-16-13(10-14)2-1-9-19-16/h5,8,10,12,15,17-18H,1-4,6-7,9,11H2. The lowest BCUT2D eigenvalue weighted by Crippen LogP contribution is -2.23. The van der Waals surface area contributed by atoms with Crippen LogP contribution in [0, 0.1) is 5.92 Å². The molecule has 0 saturated heterocycles. The molecule has 0 bridgehead atoms. The van der Waals surface area contributed by atoms with Crippen molar-refractivity contribution in [2.75, 3.05) is 18.5 Å². The zero-order chi connectivity index (χ0) is 13.1. The monoisotopic (exact) mass is 261 g/mol. The Morgan fingerprint density at radius 3 is 2.89 bits per heavy atom. The molecule has 19 heavy (non-hydrogen) atoms. The predicted octanol–water partition coefficient (Wildman–Crippen LogP) is 2.97. The summed E-state index contributed by atoms with van der Waals surface area (Å²) >= 11 is 0. The summed E-state index contributed by atoms with van der Waals surface area (Å²) in [6.07, 6.45) is 6.40. The molecular weight excluding hydrogens is 238 g/mol. The van der Waals surface area contributed by atoms with Gasteiger partial charge in [-0.1, -0.05) is 0 Å². The van der Waals surface area contributed by atoms with Crippen LogP contribution in [0.25, 0.3) is 0 Å². The van der Waals surface area contributed by atoms with Crippen LogP contribution >= 0.6 is 0 Å². The molecule has 2 aliphatic rings. The maximum atomic E-state index is 9.51. The molecule has 0 radical (unpaired) electrons. The number of rotatable bonds is 3. The molecule has 1 aliphatic heterocycles. The number of fused-ring (bicyclic) bond motifs is 1. The molecule has 0 aromatic heterocycles. The number of anilines is 1. The summed E-state index contributed by atoms with van der Waals surface area (Å²) in [5, 5.41) is 13.1. The van der Waals surface area contributed by atoms with Crippen LogP contribution in [0.2, 0.25) is 0 Å². The van der Waals surface area contributed by atoms with E-state index in [1.807, 2.05) is 0 Å². The first-order valence-corrected chi connectivity index (χ1v) is 7.49. The van der Waals surface area contributed by atoms with Gasteiger partial charge >= 0.3 is 0 Å². The van der Waals surface area contributed by atoms with Crippen molar-refractivity contribution < 1.29 is 9.84 Å². The van der Waals surface area contributed by atoms with Crippen LogP contribution in [-0.4, -0.2) is 24.4 Å². The van der Waals surface area contributed by atoms with E-state index in [0.717, 1.165) is 57.4 Å². The third-order valence-corrected chi connectivity index (χ3v) is 4.32. The summed E-state index contributed by atoms with van der Waals surface area (Å²) in [6.45, 7) is 1.87. The third kappa shape index (κ3) is 3.21. The van der Waals surface area contributed by atoms with E-state index in [1.54, 1.807) is 0 Å². The van der Waals surface area contributed by atoms with E-state index in [4.69, 9.17) is 4.74 Å². The molecule has 1 aromatic rings. The van der Waals surface area contributed by atoms with Crippen LogP contribution in [0.1, 0.15) is 37.7 Å². The van der Waals surface area contributed by atoms with Gasteiger partial charge in [0.25, 0.3) is 0 Å². The van der Waals surface area contributed by atoms with Crippen LogP contribution in [0.5, 0.6) is 5.75 Å². The molecule has 104 valence electrons. The molecule has 1 fully saturated rings. The van der Waals surface area contributed by atoms with Gasteiger partial charge in [-0.3, -0.25) is 0 Å². The Hall–Kier alpha value is -1.22. The van der Waals surface area contributed by atoms with Crippen LogP contribution in [0.3, 0.4) is 0 Å². The average Bonchev–Trinajstić information content (AvgIpc) is 2.46. The quantitative estimate of drug-likeness (QED) is 0.879. The Labute approximate surface area is 115 Å². The highest BCUT2D eigenvalue weighted by Gasteiger charge is 2.19. The van der Waals surface area contributed by atoms with E-state index in [0.29, 0.717) is 5.92 Å². The molecule has 3 nitrogen and oxygen atoms in total. The lowest BCUT2D eigenvalue weighted by molar-refractivity contribution is 0.111. The Morgan fingerprint density at radius 2 is 2.05 bits per heavy atom. The largest absolute Gasteiger partial charge is 0.493 e. The lowest BCUT2D eigenvalue weighted by Gasteiger charge is -2.26. The topological polar surface area (TPSA) is 41.5 Å². The molecule has 0 amide bonds. The van der Waals surface area contributed by atoms with Gasteiger partial charge in [0.15, 0.2) is 0 Å². The van der Waals surface area contributed by atoms with Crippen molar-refractivity contribution >= 4 is 5.69 Å². The lowest BCUT2D eigenvalue weighted by atomic mass is 9.87. The number of nitrogens with one attached hydrogen (secondary N) is 1. The second-order valence-electron chi connectivity index (χ2n) is 5.83. The van der Waals surface area contributed by atoms with E-state index in [2.05, 4.69) is 23.5 Å². The van der Waals surface area contributed by atoms with E-state index >= 15 is 0 Å². The molecular formula is C16H23NO2. The molecule has 1 saturated carbocycles. The van der Waals surface area contributed by atoms with Crippen molar-refractivity contribution in [1.82, 2.24) is 0 Å². The first kappa shape index (κ1) is 12.8. The number of benzene rings is 1. The predicted molar refractivity (Wildman–Crippen MR) is 76.7 cm³/mol. The summed E-state index contributed by atoms with van der Waals surface area (Å²) in [5.41, 5.74) is 2.53. The van der Waals surface area contributed by atoms with Crippen molar-refractivity contribution in [3.05, 3.63) is 23.8 Å². The van der Waals surface area contributed by atoms with E-state index < -0.39 is 0 Å². The summed E-state index contributed by atoms with van der Waals surface area (Å²) < 4.78 is 5.63. The van der Waals surface area contributed by atoms with Crippen LogP contribution in [0.15, 0.2) is 18.2 Å². The summed E-state index contributed by atoms with van der Waals surface area (Å²) in [7, 11) is 0. The second-order valence-corrected chi connectivity index (χ2v) is 5.83. The van der Waals surface area contributed by atoms with Crippen LogP contribution in [0.4, 0.5) is 5.69 Å². The molecule has 1 heterocycles. The Morgan fingerprint density at radius 1 is 1.21 bits per heavy atom. The number of hydrogen-bond acceptors (Lipinski definition) is 3. The Kier molecular flexibility index (Phi) is 3.92. The van der Waals surface area contributed by atoms with E-state index in [-0.39, 0.29) is 6.10 Å². The normalized spacial score (nSPS) is 26.4. The fraction of sp³-hybridized carbons (Fsp3) is 0.625. The van der Waals surface area contributed by atoms with Gasteiger partial charge in [0, 0.05) is 12.2 Å². The average molecular weight is 261 g/mol. The smallest absolute Gasteiger partial charge is 0.122 e. The molecule has 3 rings (SSSR count). The number of aliphatic hydroxyl groups excluding tert-OH is 1. The zero-order valence-corrected chi connectivity index (χ0v) is 11.4.